The van der Waals surface area contributed by atoms with Gasteiger partial charge in [-0.2, -0.15) is 0 Å². The van der Waals surface area contributed by atoms with Crippen LogP contribution in [0.1, 0.15) is 0 Å². The van der Waals surface area contributed by atoms with Crippen molar-refractivity contribution in [2.45, 2.75) is 0 Å². The number of alkyl halides is 3. The highest BCUT2D eigenvalue weighted by molar-refractivity contribution is 4.29. The first kappa shape index (κ1) is 6.75. The summed E-state index contributed by atoms with van der Waals surface area (Å²) in [5.41, 5.74) is 0. The zero-order valence-electron chi connectivity index (χ0n) is 3.70. The topological polar surface area (TPSA) is 3.24 Å². The molecular formula is C3H6F3N. The monoisotopic (exact) mass is 113 g/mol. The largest absolute Gasteiger partial charge is 0.234 e. The molecule has 0 bridgehead atoms. The Hall–Kier alpha value is -0.250. The fourth-order valence-corrected chi connectivity index (χ4v) is 0.0958. The summed E-state index contributed by atoms with van der Waals surface area (Å²) in [6.07, 6.45) is 0. The molecule has 0 radical (unpaired) electrons. The molecule has 0 heterocycles. The molecule has 0 amide bonds. The third-order valence-corrected chi connectivity index (χ3v) is 0.507. The molecule has 0 aromatic carbocycles. The molecular weight excluding hydrogens is 107 g/mol. The Morgan fingerprint density at radius 3 is 1.14 bits per heavy atom. The van der Waals surface area contributed by atoms with Crippen LogP contribution in [0.2, 0.25) is 0 Å². The number of rotatable bonds is 3. The predicted octanol–water partition coefficient (Wildman–Crippen LogP) is 1.07. The molecule has 44 valence electrons. The molecule has 0 aliphatic rings. The number of hydrogen-bond donors (Lipinski definition) is 0. The van der Waals surface area contributed by atoms with Gasteiger partial charge in [0.2, 0.25) is 0 Å². The fraction of sp³-hybridized carbons (Fsp3) is 1.00. The second-order valence-electron chi connectivity index (χ2n) is 1.03. The summed E-state index contributed by atoms with van der Waals surface area (Å²) in [5, 5.41) is 0. The quantitative estimate of drug-likeness (QED) is 0.495. The van der Waals surface area contributed by atoms with E-state index in [-0.39, 0.29) is 0 Å². The highest BCUT2D eigenvalue weighted by Crippen LogP contribution is 1.87. The van der Waals surface area contributed by atoms with E-state index in [1.54, 1.807) is 0 Å². The minimum absolute atomic E-state index is 0.375. The van der Waals surface area contributed by atoms with Crippen LogP contribution in [0.3, 0.4) is 0 Å². The van der Waals surface area contributed by atoms with Crippen LogP contribution in [0.4, 0.5) is 13.2 Å². The minimum atomic E-state index is -1.06. The summed E-state index contributed by atoms with van der Waals surface area (Å²) in [7, 11) is 0. The van der Waals surface area contributed by atoms with E-state index in [2.05, 4.69) is 0 Å². The van der Waals surface area contributed by atoms with E-state index in [0.29, 0.717) is 4.90 Å². The van der Waals surface area contributed by atoms with Gasteiger partial charge in [0.05, 0.1) is 0 Å². The summed E-state index contributed by atoms with van der Waals surface area (Å²) in [6.45, 7) is -3.19. The van der Waals surface area contributed by atoms with Gasteiger partial charge in [0.1, 0.15) is 20.4 Å². The molecule has 0 aliphatic heterocycles. The standard InChI is InChI=1S/C3H6F3N/c4-1-7(2-5)3-6/h1-3H2. The molecule has 0 unspecified atom stereocenters. The maximum Gasteiger partial charge on any atom is 0.147 e. The summed E-state index contributed by atoms with van der Waals surface area (Å²) < 4.78 is 33.3. The normalized spacial score (nSPS) is 10.3. The summed E-state index contributed by atoms with van der Waals surface area (Å²) in [4.78, 5) is 0.375. The van der Waals surface area contributed by atoms with Crippen molar-refractivity contribution >= 4 is 0 Å². The van der Waals surface area contributed by atoms with Crippen LogP contribution < -0.4 is 0 Å². The molecule has 0 atom stereocenters. The van der Waals surface area contributed by atoms with Gasteiger partial charge in [-0.15, -0.1) is 0 Å². The van der Waals surface area contributed by atoms with Crippen molar-refractivity contribution in [2.24, 2.45) is 0 Å². The first-order chi connectivity index (χ1) is 3.35. The second kappa shape index (κ2) is 3.92. The highest BCUT2D eigenvalue weighted by atomic mass is 19.2. The predicted molar refractivity (Wildman–Crippen MR) is 19.8 cm³/mol. The molecule has 0 rings (SSSR count). The number of halogens is 3. The molecule has 0 fully saturated rings. The lowest BCUT2D eigenvalue weighted by Crippen LogP contribution is -2.19. The Labute approximate surface area is 39.7 Å². The lowest BCUT2D eigenvalue weighted by atomic mass is 10.9. The SMILES string of the molecule is FCN(CF)CF. The highest BCUT2D eigenvalue weighted by Gasteiger charge is 1.97. The smallest absolute Gasteiger partial charge is 0.147 e. The number of hydrogen-bond acceptors (Lipinski definition) is 1. The van der Waals surface area contributed by atoms with Gasteiger partial charge in [0.15, 0.2) is 0 Å². The second-order valence-corrected chi connectivity index (χ2v) is 1.03. The average Bonchev–Trinajstić information content (AvgIpc) is 1.72. The maximum absolute atomic E-state index is 11.1. The molecule has 1 nitrogen and oxygen atoms in total. The Kier molecular flexibility index (Phi) is 3.78. The summed E-state index contributed by atoms with van der Waals surface area (Å²) >= 11 is 0. The van der Waals surface area contributed by atoms with Crippen molar-refractivity contribution in [1.82, 2.24) is 4.90 Å². The molecule has 0 aliphatic carbocycles. The van der Waals surface area contributed by atoms with Crippen molar-refractivity contribution < 1.29 is 13.2 Å². The van der Waals surface area contributed by atoms with E-state index in [0.717, 1.165) is 0 Å². The van der Waals surface area contributed by atoms with E-state index >= 15 is 0 Å². The van der Waals surface area contributed by atoms with Crippen LogP contribution in [0.5, 0.6) is 0 Å². The van der Waals surface area contributed by atoms with E-state index in [1.807, 2.05) is 0 Å². The van der Waals surface area contributed by atoms with Gasteiger partial charge in [-0.25, -0.2) is 18.1 Å². The van der Waals surface area contributed by atoms with Crippen molar-refractivity contribution in [3.63, 3.8) is 0 Å². The Bertz CT molecular complexity index is 31.7. The van der Waals surface area contributed by atoms with Gasteiger partial charge in [-0.1, -0.05) is 0 Å². The van der Waals surface area contributed by atoms with Crippen molar-refractivity contribution in [3.05, 3.63) is 0 Å². The molecule has 0 aromatic rings. The van der Waals surface area contributed by atoms with E-state index in [1.165, 1.54) is 0 Å². The Morgan fingerprint density at radius 1 is 0.857 bits per heavy atom. The Balaban J connectivity index is 2.99. The van der Waals surface area contributed by atoms with Gasteiger partial charge in [-0.3, -0.25) is 0 Å². The van der Waals surface area contributed by atoms with Crippen LogP contribution >= 0.6 is 0 Å². The Morgan fingerprint density at radius 2 is 1.14 bits per heavy atom. The number of nitrogens with zero attached hydrogens (tertiary/aromatic N) is 1. The lowest BCUT2D eigenvalue weighted by molar-refractivity contribution is 0.0793. The van der Waals surface area contributed by atoms with Gasteiger partial charge in [0, 0.05) is 0 Å². The molecule has 0 N–H and O–H groups in total. The van der Waals surface area contributed by atoms with Crippen molar-refractivity contribution in [1.29, 1.82) is 0 Å². The zero-order valence-corrected chi connectivity index (χ0v) is 3.70. The minimum Gasteiger partial charge on any atom is -0.234 e. The molecule has 0 aromatic heterocycles. The lowest BCUT2D eigenvalue weighted by Gasteiger charge is -2.05. The average molecular weight is 113 g/mol. The van der Waals surface area contributed by atoms with Gasteiger partial charge >= 0.3 is 0 Å². The van der Waals surface area contributed by atoms with Crippen LogP contribution in [-0.4, -0.2) is 25.3 Å². The molecule has 4 heteroatoms. The molecule has 0 saturated heterocycles. The van der Waals surface area contributed by atoms with Gasteiger partial charge < -0.3 is 0 Å². The van der Waals surface area contributed by atoms with Crippen molar-refractivity contribution in [3.8, 4) is 0 Å². The van der Waals surface area contributed by atoms with Gasteiger partial charge in [-0.05, 0) is 0 Å². The third-order valence-electron chi connectivity index (χ3n) is 0.507. The van der Waals surface area contributed by atoms with E-state index in [9.17, 15) is 13.2 Å². The van der Waals surface area contributed by atoms with Crippen molar-refractivity contribution in [2.75, 3.05) is 20.4 Å². The maximum atomic E-state index is 11.1. The molecule has 7 heavy (non-hydrogen) atoms. The van der Waals surface area contributed by atoms with E-state index < -0.39 is 20.4 Å². The third kappa shape index (κ3) is 2.45. The van der Waals surface area contributed by atoms with E-state index in [4.69, 9.17) is 0 Å². The fourth-order valence-electron chi connectivity index (χ4n) is 0.0958. The van der Waals surface area contributed by atoms with Crippen LogP contribution in [0.25, 0.3) is 0 Å². The first-order valence-corrected chi connectivity index (χ1v) is 1.75. The first-order valence-electron chi connectivity index (χ1n) is 1.75. The van der Waals surface area contributed by atoms with Gasteiger partial charge in [0.25, 0.3) is 0 Å². The van der Waals surface area contributed by atoms with Crippen LogP contribution in [-0.2, 0) is 0 Å². The zero-order chi connectivity index (χ0) is 5.70. The molecule has 0 spiro atoms. The molecule has 0 saturated carbocycles. The summed E-state index contributed by atoms with van der Waals surface area (Å²) in [6, 6.07) is 0. The van der Waals surface area contributed by atoms with Crippen LogP contribution in [0.15, 0.2) is 0 Å². The summed E-state index contributed by atoms with van der Waals surface area (Å²) in [5.74, 6) is 0. The van der Waals surface area contributed by atoms with Crippen LogP contribution in [0, 0.1) is 0 Å².